The number of aliphatic imine (C=N–C) groups is 1. The van der Waals surface area contributed by atoms with Gasteiger partial charge in [-0.3, -0.25) is 4.99 Å². The number of carboxylic acids is 2. The summed E-state index contributed by atoms with van der Waals surface area (Å²) in [5.41, 5.74) is 3.84. The smallest absolute Gasteiger partial charge is 0.328 e. The highest BCUT2D eigenvalue weighted by Crippen LogP contribution is 2.45. The Morgan fingerprint density at radius 1 is 0.925 bits per heavy atom. The van der Waals surface area contributed by atoms with Crippen LogP contribution >= 0.6 is 0 Å². The predicted octanol–water partition coefficient (Wildman–Crippen LogP) is 3.85. The molecule has 4 rings (SSSR count). The minimum absolute atomic E-state index is 0.103. The Labute approximate surface area is 233 Å². The number of carboxylic acid groups (broad SMARTS) is 2. The number of aliphatic hydroxyl groups excluding tert-OH is 1. The molecule has 1 fully saturated rings. The van der Waals surface area contributed by atoms with Gasteiger partial charge in [0.15, 0.2) is 17.2 Å². The van der Waals surface area contributed by atoms with Crippen LogP contribution in [-0.2, 0) is 9.59 Å². The van der Waals surface area contributed by atoms with Crippen molar-refractivity contribution in [3.63, 3.8) is 0 Å². The Bertz CT molecular complexity index is 1240. The molecule has 2 heterocycles. The van der Waals surface area contributed by atoms with E-state index in [0.29, 0.717) is 61.5 Å². The molecule has 0 spiro atoms. The van der Waals surface area contributed by atoms with Gasteiger partial charge in [0.05, 0.1) is 44.8 Å². The zero-order valence-electron chi connectivity index (χ0n) is 23.1. The van der Waals surface area contributed by atoms with Gasteiger partial charge in [-0.2, -0.15) is 0 Å². The SMILES string of the molecule is CCOc1cc2c(cc1OC)C(c1cnc(OCC)c(OCC)c1)=N[C@@H]1CC[C@@H](O)C[C@H]21.O=C(O)/C=C/C(=O)O. The van der Waals surface area contributed by atoms with Gasteiger partial charge >= 0.3 is 11.9 Å². The third kappa shape index (κ3) is 7.50. The highest BCUT2D eigenvalue weighted by atomic mass is 16.5. The van der Waals surface area contributed by atoms with Crippen LogP contribution in [0.15, 0.2) is 41.5 Å². The lowest BCUT2D eigenvalue weighted by Gasteiger charge is -2.37. The van der Waals surface area contributed by atoms with E-state index < -0.39 is 11.9 Å². The molecule has 40 heavy (non-hydrogen) atoms. The minimum atomic E-state index is -1.26. The van der Waals surface area contributed by atoms with Gasteiger partial charge in [-0.25, -0.2) is 14.6 Å². The van der Waals surface area contributed by atoms with Crippen molar-refractivity contribution >= 4 is 17.7 Å². The van der Waals surface area contributed by atoms with Crippen molar-refractivity contribution in [1.29, 1.82) is 0 Å². The molecule has 1 aromatic heterocycles. The maximum atomic E-state index is 10.4. The molecule has 11 nitrogen and oxygen atoms in total. The normalized spacial score (nSPS) is 19.3. The van der Waals surface area contributed by atoms with Gasteiger partial charge in [-0.1, -0.05) is 0 Å². The zero-order chi connectivity index (χ0) is 29.2. The number of nitrogens with zero attached hydrogens (tertiary/aromatic N) is 2. The van der Waals surface area contributed by atoms with Crippen LogP contribution in [0.25, 0.3) is 0 Å². The van der Waals surface area contributed by atoms with Crippen LogP contribution in [-0.4, -0.2) is 77.0 Å². The van der Waals surface area contributed by atoms with Crippen molar-refractivity contribution in [3.05, 3.63) is 53.2 Å². The predicted molar refractivity (Wildman–Crippen MR) is 147 cm³/mol. The molecule has 1 aliphatic heterocycles. The fraction of sp³-hybridized carbons (Fsp3) is 0.448. The summed E-state index contributed by atoms with van der Waals surface area (Å²) < 4.78 is 22.9. The van der Waals surface area contributed by atoms with Crippen molar-refractivity contribution in [2.24, 2.45) is 4.99 Å². The fourth-order valence-electron chi connectivity index (χ4n) is 4.81. The standard InChI is InChI=1S/C25H32N2O5.C4H4O4/c1-5-30-22-12-17-18-11-16(28)8-9-20(18)27-24(19(17)13-21(22)29-4)15-10-23(31-6-2)25(26-14-15)32-7-3;5-3(6)1-2-4(7)8/h10,12-14,16,18,20,28H,5-9,11H2,1-4H3;1-2H,(H,5,6)(H,7,8)/b;2-1+/t16-,18-,20-;/m1./s1. The molecule has 1 saturated carbocycles. The Balaban J connectivity index is 0.000000482. The largest absolute Gasteiger partial charge is 0.493 e. The number of carbonyl (C=O) groups is 2. The number of hydrogen-bond acceptors (Lipinski definition) is 9. The van der Waals surface area contributed by atoms with Crippen LogP contribution < -0.4 is 18.9 Å². The Morgan fingerprint density at radius 2 is 1.57 bits per heavy atom. The van der Waals surface area contributed by atoms with Gasteiger partial charge < -0.3 is 34.3 Å². The van der Waals surface area contributed by atoms with E-state index in [-0.39, 0.29) is 18.1 Å². The summed E-state index contributed by atoms with van der Waals surface area (Å²) in [6, 6.07) is 6.11. The van der Waals surface area contributed by atoms with Crippen LogP contribution in [0.4, 0.5) is 0 Å². The summed E-state index contributed by atoms with van der Waals surface area (Å²) in [5.74, 6) is 0.1000. The Kier molecular flexibility index (Phi) is 10.9. The first-order chi connectivity index (χ1) is 19.2. The van der Waals surface area contributed by atoms with Gasteiger partial charge in [0.1, 0.15) is 0 Å². The molecule has 11 heteroatoms. The lowest BCUT2D eigenvalue weighted by atomic mass is 9.74. The number of aliphatic carboxylic acids is 2. The minimum Gasteiger partial charge on any atom is -0.493 e. The lowest BCUT2D eigenvalue weighted by molar-refractivity contribution is -0.134. The van der Waals surface area contributed by atoms with E-state index in [1.54, 1.807) is 13.3 Å². The monoisotopic (exact) mass is 556 g/mol. The van der Waals surface area contributed by atoms with Crippen LogP contribution in [0.3, 0.4) is 0 Å². The van der Waals surface area contributed by atoms with E-state index >= 15 is 0 Å². The number of fused-ring (bicyclic) bond motifs is 3. The number of methoxy groups -OCH3 is 1. The molecule has 0 radical (unpaired) electrons. The molecule has 0 unspecified atom stereocenters. The van der Waals surface area contributed by atoms with E-state index in [0.717, 1.165) is 35.2 Å². The summed E-state index contributed by atoms with van der Waals surface area (Å²) in [5, 5.41) is 26.0. The molecule has 3 atom stereocenters. The maximum Gasteiger partial charge on any atom is 0.328 e. The van der Waals surface area contributed by atoms with Gasteiger partial charge in [0, 0.05) is 35.4 Å². The molecule has 216 valence electrons. The molecule has 3 N–H and O–H groups in total. The van der Waals surface area contributed by atoms with Crippen molar-refractivity contribution in [2.75, 3.05) is 26.9 Å². The summed E-state index contributed by atoms with van der Waals surface area (Å²) in [4.78, 5) is 28.8. The number of rotatable bonds is 10. The van der Waals surface area contributed by atoms with E-state index in [4.69, 9.17) is 34.2 Å². The highest BCUT2D eigenvalue weighted by Gasteiger charge is 2.37. The second kappa shape index (κ2) is 14.3. The zero-order valence-corrected chi connectivity index (χ0v) is 23.1. The number of aliphatic hydroxyl groups is 1. The van der Waals surface area contributed by atoms with Crippen LogP contribution in [0.5, 0.6) is 23.1 Å². The first-order valence-corrected chi connectivity index (χ1v) is 13.2. The molecule has 1 aliphatic carbocycles. The summed E-state index contributed by atoms with van der Waals surface area (Å²) in [7, 11) is 1.64. The first-order valence-electron chi connectivity index (χ1n) is 13.2. The summed E-state index contributed by atoms with van der Waals surface area (Å²) in [6.45, 7) is 7.40. The Morgan fingerprint density at radius 3 is 2.17 bits per heavy atom. The number of aromatic nitrogens is 1. The highest BCUT2D eigenvalue weighted by molar-refractivity contribution is 6.15. The van der Waals surface area contributed by atoms with Crippen molar-refractivity contribution < 1.29 is 43.9 Å². The number of ether oxygens (including phenoxy) is 4. The molecule has 0 amide bonds. The molecule has 2 aliphatic rings. The molecule has 0 bridgehead atoms. The van der Waals surface area contributed by atoms with Crippen LogP contribution in [0.1, 0.15) is 62.6 Å². The van der Waals surface area contributed by atoms with Gasteiger partial charge in [-0.05, 0) is 63.8 Å². The summed E-state index contributed by atoms with van der Waals surface area (Å²) >= 11 is 0. The third-order valence-corrected chi connectivity index (χ3v) is 6.41. The second-order valence-electron chi connectivity index (χ2n) is 9.04. The van der Waals surface area contributed by atoms with E-state index in [9.17, 15) is 14.7 Å². The average Bonchev–Trinajstić information content (AvgIpc) is 2.93. The third-order valence-electron chi connectivity index (χ3n) is 6.41. The van der Waals surface area contributed by atoms with E-state index in [1.165, 1.54) is 0 Å². The van der Waals surface area contributed by atoms with Crippen molar-refractivity contribution in [2.45, 2.75) is 58.1 Å². The molecular weight excluding hydrogens is 520 g/mol. The second-order valence-corrected chi connectivity index (χ2v) is 9.04. The van der Waals surface area contributed by atoms with Crippen LogP contribution in [0.2, 0.25) is 0 Å². The number of pyridine rings is 1. The van der Waals surface area contributed by atoms with Crippen molar-refractivity contribution in [1.82, 2.24) is 4.98 Å². The molecule has 1 aromatic carbocycles. The quantitative estimate of drug-likeness (QED) is 0.367. The maximum absolute atomic E-state index is 10.4. The first kappa shape index (κ1) is 30.4. The van der Waals surface area contributed by atoms with E-state index in [2.05, 4.69) is 11.1 Å². The summed E-state index contributed by atoms with van der Waals surface area (Å²) in [6.07, 6.45) is 4.89. The van der Waals surface area contributed by atoms with Crippen molar-refractivity contribution in [3.8, 4) is 23.1 Å². The van der Waals surface area contributed by atoms with E-state index in [1.807, 2.05) is 32.9 Å². The average molecular weight is 557 g/mol. The number of hydrogen-bond donors (Lipinski definition) is 3. The molecule has 0 saturated heterocycles. The van der Waals surface area contributed by atoms with Gasteiger partial charge in [-0.15, -0.1) is 0 Å². The lowest BCUT2D eigenvalue weighted by Crippen LogP contribution is -2.34. The Hall–Kier alpha value is -4.12. The fourth-order valence-corrected chi connectivity index (χ4v) is 4.81. The number of benzene rings is 1. The molecular formula is C29H36N2O9. The van der Waals surface area contributed by atoms with Crippen LogP contribution in [0, 0.1) is 0 Å². The van der Waals surface area contributed by atoms with Gasteiger partial charge in [0.2, 0.25) is 0 Å². The topological polar surface area (TPSA) is 157 Å². The van der Waals surface area contributed by atoms with Gasteiger partial charge in [0.25, 0.3) is 5.88 Å². The molecule has 2 aromatic rings.